The summed E-state index contributed by atoms with van der Waals surface area (Å²) in [6, 6.07) is 4.79. The first kappa shape index (κ1) is 14.4. The number of ether oxygens (including phenoxy) is 1. The van der Waals surface area contributed by atoms with Crippen LogP contribution in [-0.2, 0) is 9.84 Å². The van der Waals surface area contributed by atoms with Crippen molar-refractivity contribution in [2.45, 2.75) is 13.3 Å². The number of hydrogen-bond acceptors (Lipinski definition) is 5. The summed E-state index contributed by atoms with van der Waals surface area (Å²) >= 11 is 0. The Kier molecular flexibility index (Phi) is 4.66. The number of para-hydroxylation sites is 1. The number of nitro groups is 1. The zero-order valence-corrected chi connectivity index (χ0v) is 11.1. The van der Waals surface area contributed by atoms with Crippen molar-refractivity contribution in [1.29, 1.82) is 0 Å². The second-order valence-corrected chi connectivity index (χ2v) is 6.27. The lowest BCUT2D eigenvalue weighted by Crippen LogP contribution is -2.08. The average Bonchev–Trinajstić information content (AvgIpc) is 2.22. The van der Waals surface area contributed by atoms with E-state index in [-0.39, 0.29) is 23.8 Å². The van der Waals surface area contributed by atoms with E-state index in [0.29, 0.717) is 12.0 Å². The van der Waals surface area contributed by atoms with Gasteiger partial charge >= 0.3 is 5.69 Å². The Labute approximate surface area is 106 Å². The topological polar surface area (TPSA) is 86.5 Å². The molecule has 100 valence electrons. The summed E-state index contributed by atoms with van der Waals surface area (Å²) in [5.41, 5.74) is 0.442. The van der Waals surface area contributed by atoms with Crippen molar-refractivity contribution < 1.29 is 18.1 Å². The summed E-state index contributed by atoms with van der Waals surface area (Å²) < 4.78 is 27.1. The average molecular weight is 273 g/mol. The lowest BCUT2D eigenvalue weighted by atomic mass is 10.2. The lowest BCUT2D eigenvalue weighted by molar-refractivity contribution is -0.386. The monoisotopic (exact) mass is 273 g/mol. The van der Waals surface area contributed by atoms with Gasteiger partial charge in [-0.05, 0) is 19.4 Å². The number of hydrogen-bond donors (Lipinski definition) is 0. The molecule has 0 fully saturated rings. The Morgan fingerprint density at radius 3 is 2.61 bits per heavy atom. The molecule has 0 saturated carbocycles. The SMILES string of the molecule is Cc1cccc(OCCCS(C)(=O)=O)c1[N+](=O)[O-]. The molecule has 0 unspecified atom stereocenters. The molecule has 0 aromatic heterocycles. The first-order valence-corrected chi connectivity index (χ1v) is 7.42. The van der Waals surface area contributed by atoms with Crippen LogP contribution in [0.5, 0.6) is 5.75 Å². The summed E-state index contributed by atoms with van der Waals surface area (Å²) in [4.78, 5) is 10.4. The van der Waals surface area contributed by atoms with Gasteiger partial charge in [0.15, 0.2) is 5.75 Å². The maximum Gasteiger partial charge on any atom is 0.313 e. The zero-order chi connectivity index (χ0) is 13.8. The molecule has 0 N–H and O–H groups in total. The predicted molar refractivity (Wildman–Crippen MR) is 67.7 cm³/mol. The van der Waals surface area contributed by atoms with Crippen molar-refractivity contribution in [1.82, 2.24) is 0 Å². The molecule has 0 aliphatic carbocycles. The summed E-state index contributed by atoms with van der Waals surface area (Å²) in [6.45, 7) is 1.76. The van der Waals surface area contributed by atoms with Crippen molar-refractivity contribution >= 4 is 15.5 Å². The molecule has 0 amide bonds. The van der Waals surface area contributed by atoms with E-state index in [9.17, 15) is 18.5 Å². The fourth-order valence-corrected chi connectivity index (χ4v) is 2.13. The van der Waals surface area contributed by atoms with Crippen molar-refractivity contribution in [3.63, 3.8) is 0 Å². The van der Waals surface area contributed by atoms with Gasteiger partial charge in [-0.3, -0.25) is 10.1 Å². The highest BCUT2D eigenvalue weighted by atomic mass is 32.2. The zero-order valence-electron chi connectivity index (χ0n) is 10.3. The van der Waals surface area contributed by atoms with Gasteiger partial charge in [0.2, 0.25) is 0 Å². The minimum atomic E-state index is -3.03. The number of rotatable bonds is 6. The normalized spacial score (nSPS) is 11.2. The van der Waals surface area contributed by atoms with Gasteiger partial charge in [0.1, 0.15) is 9.84 Å². The molecular weight excluding hydrogens is 258 g/mol. The summed E-state index contributed by atoms with van der Waals surface area (Å²) in [5, 5.41) is 10.9. The fraction of sp³-hybridized carbons (Fsp3) is 0.455. The molecule has 7 heteroatoms. The Balaban J connectivity index is 2.68. The van der Waals surface area contributed by atoms with Crippen molar-refractivity contribution in [2.24, 2.45) is 0 Å². The van der Waals surface area contributed by atoms with Gasteiger partial charge in [-0.15, -0.1) is 0 Å². The Hall–Kier alpha value is -1.63. The van der Waals surface area contributed by atoms with Crippen molar-refractivity contribution in [2.75, 3.05) is 18.6 Å². The third kappa shape index (κ3) is 4.33. The number of nitrogens with zero attached hydrogens (tertiary/aromatic N) is 1. The van der Waals surface area contributed by atoms with Crippen LogP contribution in [0.3, 0.4) is 0 Å². The van der Waals surface area contributed by atoms with Crippen LogP contribution in [0.4, 0.5) is 5.69 Å². The molecule has 0 aliphatic heterocycles. The maximum atomic E-state index is 10.9. The number of sulfone groups is 1. The Morgan fingerprint density at radius 2 is 2.06 bits per heavy atom. The van der Waals surface area contributed by atoms with Crippen LogP contribution in [0.1, 0.15) is 12.0 Å². The van der Waals surface area contributed by atoms with E-state index in [1.165, 1.54) is 6.07 Å². The van der Waals surface area contributed by atoms with Crippen LogP contribution in [0, 0.1) is 17.0 Å². The van der Waals surface area contributed by atoms with E-state index in [0.717, 1.165) is 6.26 Å². The quantitative estimate of drug-likeness (QED) is 0.447. The third-order valence-electron chi connectivity index (χ3n) is 2.30. The van der Waals surface area contributed by atoms with Gasteiger partial charge in [0.25, 0.3) is 0 Å². The van der Waals surface area contributed by atoms with E-state index in [2.05, 4.69) is 0 Å². The molecule has 6 nitrogen and oxygen atoms in total. The number of nitro benzene ring substituents is 1. The molecule has 0 aliphatic rings. The van der Waals surface area contributed by atoms with E-state index < -0.39 is 14.8 Å². The van der Waals surface area contributed by atoms with Gasteiger partial charge in [-0.2, -0.15) is 0 Å². The van der Waals surface area contributed by atoms with E-state index >= 15 is 0 Å². The Bertz CT molecular complexity index is 538. The van der Waals surface area contributed by atoms with E-state index in [1.807, 2.05) is 0 Å². The van der Waals surface area contributed by atoms with E-state index in [4.69, 9.17) is 4.74 Å². The molecule has 0 spiro atoms. The first-order valence-electron chi connectivity index (χ1n) is 5.36. The van der Waals surface area contributed by atoms with Gasteiger partial charge in [0, 0.05) is 11.8 Å². The number of benzene rings is 1. The minimum Gasteiger partial charge on any atom is -0.487 e. The minimum absolute atomic E-state index is 0.00656. The largest absolute Gasteiger partial charge is 0.487 e. The molecule has 0 radical (unpaired) electrons. The predicted octanol–water partition coefficient (Wildman–Crippen LogP) is 1.72. The third-order valence-corrected chi connectivity index (χ3v) is 3.33. The molecule has 1 aromatic carbocycles. The number of aryl methyl sites for hydroxylation is 1. The van der Waals surface area contributed by atoms with Crippen LogP contribution in [0.25, 0.3) is 0 Å². The second kappa shape index (κ2) is 5.81. The molecule has 0 bridgehead atoms. The lowest BCUT2D eigenvalue weighted by Gasteiger charge is -2.07. The highest BCUT2D eigenvalue weighted by Crippen LogP contribution is 2.30. The first-order chi connectivity index (χ1) is 8.31. The van der Waals surface area contributed by atoms with Crippen LogP contribution in [0.15, 0.2) is 18.2 Å². The van der Waals surface area contributed by atoms with Crippen LogP contribution in [-0.4, -0.2) is 32.0 Å². The van der Waals surface area contributed by atoms with Gasteiger partial charge < -0.3 is 4.74 Å². The van der Waals surface area contributed by atoms with Crippen molar-refractivity contribution in [3.05, 3.63) is 33.9 Å². The summed E-state index contributed by atoms with van der Waals surface area (Å²) in [7, 11) is -3.03. The fourth-order valence-electron chi connectivity index (χ4n) is 1.49. The molecule has 0 saturated heterocycles. The highest BCUT2D eigenvalue weighted by Gasteiger charge is 2.17. The molecular formula is C11H15NO5S. The highest BCUT2D eigenvalue weighted by molar-refractivity contribution is 7.90. The molecule has 1 aromatic rings. The van der Waals surface area contributed by atoms with Crippen LogP contribution < -0.4 is 4.74 Å². The van der Waals surface area contributed by atoms with Crippen molar-refractivity contribution in [3.8, 4) is 5.75 Å². The summed E-state index contributed by atoms with van der Waals surface area (Å²) in [6.07, 6.45) is 1.45. The smallest absolute Gasteiger partial charge is 0.313 e. The van der Waals surface area contributed by atoms with Gasteiger partial charge in [-0.1, -0.05) is 12.1 Å². The van der Waals surface area contributed by atoms with E-state index in [1.54, 1.807) is 19.1 Å². The Morgan fingerprint density at radius 1 is 1.39 bits per heavy atom. The van der Waals surface area contributed by atoms with Crippen LogP contribution in [0.2, 0.25) is 0 Å². The molecule has 0 heterocycles. The molecule has 18 heavy (non-hydrogen) atoms. The van der Waals surface area contributed by atoms with Gasteiger partial charge in [0.05, 0.1) is 17.3 Å². The molecule has 0 atom stereocenters. The van der Waals surface area contributed by atoms with Crippen LogP contribution >= 0.6 is 0 Å². The maximum absolute atomic E-state index is 10.9. The standard InChI is InChI=1S/C11H15NO5S/c1-9-5-3-6-10(11(9)12(13)14)17-7-4-8-18(2,15)16/h3,5-6H,4,7-8H2,1-2H3. The second-order valence-electron chi connectivity index (χ2n) is 4.01. The van der Waals surface area contributed by atoms with Gasteiger partial charge in [-0.25, -0.2) is 8.42 Å². The molecule has 1 rings (SSSR count). The summed E-state index contributed by atoms with van der Waals surface area (Å²) in [5.74, 6) is 0.181.